The first-order valence-electron chi connectivity index (χ1n) is 6.57. The van der Waals surface area contributed by atoms with Crippen molar-refractivity contribution >= 4 is 40.7 Å². The zero-order valence-corrected chi connectivity index (χ0v) is 13.9. The molecule has 7 heteroatoms. The van der Waals surface area contributed by atoms with Crippen molar-refractivity contribution in [2.75, 3.05) is 19.4 Å². The second kappa shape index (κ2) is 6.98. The summed E-state index contributed by atoms with van der Waals surface area (Å²) >= 11 is 11.9. The van der Waals surface area contributed by atoms with E-state index in [4.69, 9.17) is 23.2 Å². The van der Waals surface area contributed by atoms with Gasteiger partial charge in [-0.3, -0.25) is 9.59 Å². The van der Waals surface area contributed by atoms with Crippen LogP contribution in [-0.4, -0.2) is 30.8 Å². The van der Waals surface area contributed by atoms with Crippen LogP contribution in [0.25, 0.3) is 0 Å². The second-order valence-corrected chi connectivity index (χ2v) is 5.79. The van der Waals surface area contributed by atoms with E-state index in [2.05, 4.69) is 5.32 Å². The van der Waals surface area contributed by atoms with Crippen molar-refractivity contribution in [1.29, 1.82) is 0 Å². The molecule has 2 aromatic carbocycles. The summed E-state index contributed by atoms with van der Waals surface area (Å²) in [4.78, 5) is 25.6. The minimum atomic E-state index is -0.550. The molecule has 0 radical (unpaired) electrons. The Morgan fingerprint density at radius 1 is 1.04 bits per heavy atom. The molecule has 0 aliphatic heterocycles. The molecule has 0 bridgehead atoms. The lowest BCUT2D eigenvalue weighted by Crippen LogP contribution is -2.22. The van der Waals surface area contributed by atoms with Gasteiger partial charge >= 0.3 is 0 Å². The highest BCUT2D eigenvalue weighted by Gasteiger charge is 2.15. The number of nitrogens with zero attached hydrogens (tertiary/aromatic N) is 1. The van der Waals surface area contributed by atoms with Crippen LogP contribution in [0.1, 0.15) is 20.7 Å². The molecule has 0 atom stereocenters. The highest BCUT2D eigenvalue weighted by Crippen LogP contribution is 2.25. The quantitative estimate of drug-likeness (QED) is 0.902. The molecule has 4 nitrogen and oxygen atoms in total. The number of halogens is 3. The van der Waals surface area contributed by atoms with Crippen LogP contribution in [0.3, 0.4) is 0 Å². The van der Waals surface area contributed by atoms with Crippen LogP contribution in [0.2, 0.25) is 10.0 Å². The Hall–Kier alpha value is -2.11. The topological polar surface area (TPSA) is 49.4 Å². The molecule has 23 heavy (non-hydrogen) atoms. The highest BCUT2D eigenvalue weighted by atomic mass is 35.5. The monoisotopic (exact) mass is 354 g/mol. The number of carbonyl (C=O) groups is 2. The summed E-state index contributed by atoms with van der Waals surface area (Å²) in [5.74, 6) is -1.31. The Balaban J connectivity index is 2.30. The summed E-state index contributed by atoms with van der Waals surface area (Å²) in [6.07, 6.45) is 0. The molecule has 1 N–H and O–H groups in total. The van der Waals surface area contributed by atoms with E-state index >= 15 is 0 Å². The number of nitrogens with one attached hydrogen (secondary N) is 1. The van der Waals surface area contributed by atoms with E-state index in [0.717, 1.165) is 12.1 Å². The van der Waals surface area contributed by atoms with Crippen molar-refractivity contribution in [3.05, 3.63) is 63.4 Å². The van der Waals surface area contributed by atoms with Gasteiger partial charge in [-0.25, -0.2) is 4.39 Å². The predicted octanol–water partition coefficient (Wildman–Crippen LogP) is 4.09. The standard InChI is InChI=1S/C16H13Cl2FN2O2/c1-21(2)16(23)9-3-6-12(17)14(7-9)20-15(22)11-5-4-10(19)8-13(11)18/h3-8H,1-2H3,(H,20,22). The molecule has 0 fully saturated rings. The molecular formula is C16H13Cl2FN2O2. The zero-order chi connectivity index (χ0) is 17.1. The minimum Gasteiger partial charge on any atom is -0.345 e. The molecule has 2 amide bonds. The van der Waals surface area contributed by atoms with Gasteiger partial charge in [0.1, 0.15) is 5.82 Å². The number of benzene rings is 2. The zero-order valence-electron chi connectivity index (χ0n) is 12.4. The number of anilines is 1. The molecule has 2 rings (SSSR count). The van der Waals surface area contributed by atoms with Gasteiger partial charge in [0.15, 0.2) is 0 Å². The van der Waals surface area contributed by atoms with Gasteiger partial charge < -0.3 is 10.2 Å². The third-order valence-electron chi connectivity index (χ3n) is 3.04. The fourth-order valence-corrected chi connectivity index (χ4v) is 2.29. The maximum Gasteiger partial charge on any atom is 0.257 e. The van der Waals surface area contributed by atoms with Gasteiger partial charge in [-0.05, 0) is 36.4 Å². The van der Waals surface area contributed by atoms with E-state index in [0.29, 0.717) is 5.56 Å². The molecule has 0 spiro atoms. The first-order chi connectivity index (χ1) is 10.8. The first kappa shape index (κ1) is 17.2. The van der Waals surface area contributed by atoms with Crippen molar-refractivity contribution in [2.24, 2.45) is 0 Å². The summed E-state index contributed by atoms with van der Waals surface area (Å²) in [6, 6.07) is 8.00. The molecule has 0 aliphatic carbocycles. The molecule has 2 aromatic rings. The van der Waals surface area contributed by atoms with E-state index in [1.165, 1.54) is 23.1 Å². The average molecular weight is 355 g/mol. The van der Waals surface area contributed by atoms with Gasteiger partial charge in [-0.1, -0.05) is 23.2 Å². The minimum absolute atomic E-state index is 0.0147. The Morgan fingerprint density at radius 3 is 2.35 bits per heavy atom. The maximum atomic E-state index is 13.0. The Labute approximate surface area is 142 Å². The van der Waals surface area contributed by atoms with Gasteiger partial charge in [0.2, 0.25) is 0 Å². The van der Waals surface area contributed by atoms with Crippen molar-refractivity contribution in [1.82, 2.24) is 4.90 Å². The summed E-state index contributed by atoms with van der Waals surface area (Å²) in [7, 11) is 3.24. The van der Waals surface area contributed by atoms with Crippen molar-refractivity contribution < 1.29 is 14.0 Å². The second-order valence-electron chi connectivity index (χ2n) is 4.97. The molecule has 0 saturated heterocycles. The Bertz CT molecular complexity index is 779. The summed E-state index contributed by atoms with van der Waals surface area (Å²) in [5, 5.41) is 2.83. The number of carbonyl (C=O) groups excluding carboxylic acids is 2. The molecule has 120 valence electrons. The molecule has 0 unspecified atom stereocenters. The van der Waals surface area contributed by atoms with Gasteiger partial charge in [0, 0.05) is 19.7 Å². The maximum absolute atomic E-state index is 13.0. The van der Waals surface area contributed by atoms with Crippen LogP contribution in [0, 0.1) is 5.82 Å². The first-order valence-corrected chi connectivity index (χ1v) is 7.33. The van der Waals surface area contributed by atoms with E-state index < -0.39 is 11.7 Å². The van der Waals surface area contributed by atoms with Gasteiger partial charge in [-0.2, -0.15) is 0 Å². The number of hydrogen-bond acceptors (Lipinski definition) is 2. The van der Waals surface area contributed by atoms with Crippen LogP contribution in [0.5, 0.6) is 0 Å². The summed E-state index contributed by atoms with van der Waals surface area (Å²) in [6.45, 7) is 0. The van der Waals surface area contributed by atoms with Crippen LogP contribution >= 0.6 is 23.2 Å². The average Bonchev–Trinajstić information content (AvgIpc) is 2.48. The SMILES string of the molecule is CN(C)C(=O)c1ccc(Cl)c(NC(=O)c2ccc(F)cc2Cl)c1. The molecular weight excluding hydrogens is 342 g/mol. The molecule has 0 aliphatic rings. The number of amides is 2. The van der Waals surface area contributed by atoms with Gasteiger partial charge in [0.05, 0.1) is 21.3 Å². The van der Waals surface area contributed by atoms with Gasteiger partial charge in [-0.15, -0.1) is 0 Å². The van der Waals surface area contributed by atoms with E-state index in [-0.39, 0.29) is 27.2 Å². The third kappa shape index (κ3) is 4.00. The lowest BCUT2D eigenvalue weighted by molar-refractivity contribution is 0.0827. The smallest absolute Gasteiger partial charge is 0.257 e. The largest absolute Gasteiger partial charge is 0.345 e. The lowest BCUT2D eigenvalue weighted by atomic mass is 10.1. The van der Waals surface area contributed by atoms with Crippen LogP contribution in [-0.2, 0) is 0 Å². The van der Waals surface area contributed by atoms with Crippen molar-refractivity contribution in [2.45, 2.75) is 0 Å². The van der Waals surface area contributed by atoms with E-state index in [9.17, 15) is 14.0 Å². The fourth-order valence-electron chi connectivity index (χ4n) is 1.88. The summed E-state index contributed by atoms with van der Waals surface area (Å²) < 4.78 is 13.0. The number of rotatable bonds is 3. The lowest BCUT2D eigenvalue weighted by Gasteiger charge is -2.13. The number of hydrogen-bond donors (Lipinski definition) is 1. The molecule has 0 saturated carbocycles. The molecule has 0 aromatic heterocycles. The van der Waals surface area contributed by atoms with E-state index in [1.807, 2.05) is 0 Å². The van der Waals surface area contributed by atoms with Crippen molar-refractivity contribution in [3.8, 4) is 0 Å². The summed E-state index contributed by atoms with van der Waals surface area (Å²) in [5.41, 5.74) is 0.748. The van der Waals surface area contributed by atoms with Crippen LogP contribution in [0.4, 0.5) is 10.1 Å². The van der Waals surface area contributed by atoms with Gasteiger partial charge in [0.25, 0.3) is 11.8 Å². The highest BCUT2D eigenvalue weighted by molar-refractivity contribution is 6.36. The van der Waals surface area contributed by atoms with Crippen LogP contribution < -0.4 is 5.32 Å². The van der Waals surface area contributed by atoms with Crippen LogP contribution in [0.15, 0.2) is 36.4 Å². The normalized spacial score (nSPS) is 10.3. The van der Waals surface area contributed by atoms with Crippen molar-refractivity contribution in [3.63, 3.8) is 0 Å². The predicted molar refractivity (Wildman–Crippen MR) is 88.8 cm³/mol. The molecule has 0 heterocycles. The fraction of sp³-hybridized carbons (Fsp3) is 0.125. The third-order valence-corrected chi connectivity index (χ3v) is 3.69. The Kier molecular flexibility index (Phi) is 5.23. The van der Waals surface area contributed by atoms with E-state index in [1.54, 1.807) is 20.2 Å². The Morgan fingerprint density at radius 2 is 1.74 bits per heavy atom.